The number of nitrogens with one attached hydrogen (secondary N) is 2. The molecule has 0 amide bonds. The number of rotatable bonds is 3. The molecule has 0 saturated carbocycles. The number of H-pyrrole nitrogens is 1. The number of para-hydroxylation sites is 1. The number of aromatic amines is 1. The second kappa shape index (κ2) is 6.39. The van der Waals surface area contributed by atoms with Crippen molar-refractivity contribution in [1.82, 2.24) is 4.98 Å². The predicted molar refractivity (Wildman–Crippen MR) is 91.9 cm³/mol. The molecule has 0 radical (unpaired) electrons. The summed E-state index contributed by atoms with van der Waals surface area (Å²) in [7, 11) is 0. The van der Waals surface area contributed by atoms with Gasteiger partial charge in [-0.15, -0.1) is 0 Å². The Morgan fingerprint density at radius 1 is 1.04 bits per heavy atom. The van der Waals surface area contributed by atoms with Crippen LogP contribution in [-0.4, -0.2) is 4.98 Å². The van der Waals surface area contributed by atoms with Gasteiger partial charge in [-0.05, 0) is 35.9 Å². The number of halogens is 1. The molecule has 0 spiro atoms. The largest absolute Gasteiger partial charge is 0.354 e. The van der Waals surface area contributed by atoms with Gasteiger partial charge in [0.1, 0.15) is 11.6 Å². The lowest BCUT2D eigenvalue weighted by Crippen LogP contribution is -2.13. The minimum atomic E-state index is -0.432. The van der Waals surface area contributed by atoms with Crippen LogP contribution in [0.5, 0.6) is 0 Å². The Morgan fingerprint density at radius 2 is 1.74 bits per heavy atom. The third-order valence-corrected chi connectivity index (χ3v) is 3.61. The van der Waals surface area contributed by atoms with Gasteiger partial charge in [-0.3, -0.25) is 4.79 Å². The van der Waals surface area contributed by atoms with Crippen LogP contribution in [-0.2, 0) is 0 Å². The molecule has 2 N–H and O–H groups in total. The van der Waals surface area contributed by atoms with Crippen LogP contribution in [0, 0.1) is 11.3 Å². The Kier molecular flexibility index (Phi) is 4.13. The summed E-state index contributed by atoms with van der Waals surface area (Å²) in [5.74, 6) is 0. The molecule has 0 unspecified atom stereocenters. The molecule has 0 bridgehead atoms. The summed E-state index contributed by atoms with van der Waals surface area (Å²) >= 11 is 5.89. The Hall–Kier alpha value is -3.03. The molecule has 0 atom stereocenters. The second-order valence-electron chi connectivity index (χ2n) is 4.91. The normalized spacial score (nSPS) is 10.1. The molecule has 3 aromatic rings. The molecule has 2 aromatic carbocycles. The second-order valence-corrected chi connectivity index (χ2v) is 5.35. The van der Waals surface area contributed by atoms with Crippen LogP contribution in [0.1, 0.15) is 5.56 Å². The third kappa shape index (κ3) is 3.25. The van der Waals surface area contributed by atoms with Gasteiger partial charge in [0, 0.05) is 10.7 Å². The van der Waals surface area contributed by atoms with Crippen molar-refractivity contribution in [2.24, 2.45) is 0 Å². The first kappa shape index (κ1) is 14.9. The van der Waals surface area contributed by atoms with E-state index in [4.69, 9.17) is 11.6 Å². The highest BCUT2D eigenvalue weighted by molar-refractivity contribution is 6.30. The Balaban J connectivity index is 2.09. The summed E-state index contributed by atoms with van der Waals surface area (Å²) in [6.45, 7) is 0. The molecule has 4 nitrogen and oxygen atoms in total. The minimum Gasteiger partial charge on any atom is -0.354 e. The van der Waals surface area contributed by atoms with E-state index in [2.05, 4.69) is 10.3 Å². The summed E-state index contributed by atoms with van der Waals surface area (Å²) in [4.78, 5) is 14.9. The van der Waals surface area contributed by atoms with Crippen molar-refractivity contribution in [1.29, 1.82) is 5.26 Å². The highest BCUT2D eigenvalue weighted by Crippen LogP contribution is 2.24. The van der Waals surface area contributed by atoms with Crippen LogP contribution in [0.15, 0.2) is 65.5 Å². The maximum Gasteiger partial charge on any atom is 0.268 e. The minimum absolute atomic E-state index is 0.0477. The van der Waals surface area contributed by atoms with Crippen LogP contribution >= 0.6 is 11.6 Å². The van der Waals surface area contributed by atoms with Crippen molar-refractivity contribution in [3.05, 3.63) is 81.6 Å². The van der Waals surface area contributed by atoms with E-state index in [1.165, 1.54) is 0 Å². The van der Waals surface area contributed by atoms with E-state index in [9.17, 15) is 10.1 Å². The summed E-state index contributed by atoms with van der Waals surface area (Å²) in [6.07, 6.45) is 0. The zero-order valence-corrected chi connectivity index (χ0v) is 12.8. The zero-order valence-electron chi connectivity index (χ0n) is 12.0. The number of anilines is 2. The van der Waals surface area contributed by atoms with Crippen molar-refractivity contribution >= 4 is 23.0 Å². The standard InChI is InChI=1S/C18H12ClN3O/c19-13-8-6-12(7-9-13)16-10-17(15(11-20)18(23)22-16)21-14-4-2-1-3-5-14/h1-10H,(H2,21,22,23). The molecule has 1 aromatic heterocycles. The summed E-state index contributed by atoms with van der Waals surface area (Å²) < 4.78 is 0. The number of aromatic nitrogens is 1. The van der Waals surface area contributed by atoms with Gasteiger partial charge in [0.15, 0.2) is 0 Å². The van der Waals surface area contributed by atoms with Gasteiger partial charge in [0.25, 0.3) is 5.56 Å². The number of pyridine rings is 1. The summed E-state index contributed by atoms with van der Waals surface area (Å²) in [5, 5.41) is 13.0. The summed E-state index contributed by atoms with van der Waals surface area (Å²) in [6, 6.07) is 20.2. The number of nitriles is 1. The van der Waals surface area contributed by atoms with Crippen molar-refractivity contribution in [2.45, 2.75) is 0 Å². The van der Waals surface area contributed by atoms with Gasteiger partial charge >= 0.3 is 0 Å². The molecule has 0 aliphatic rings. The van der Waals surface area contributed by atoms with Crippen molar-refractivity contribution in [3.63, 3.8) is 0 Å². The lowest BCUT2D eigenvalue weighted by atomic mass is 10.1. The van der Waals surface area contributed by atoms with E-state index >= 15 is 0 Å². The molecule has 112 valence electrons. The average Bonchev–Trinajstić information content (AvgIpc) is 2.56. The monoisotopic (exact) mass is 321 g/mol. The quantitative estimate of drug-likeness (QED) is 0.755. The fourth-order valence-corrected chi connectivity index (χ4v) is 2.36. The van der Waals surface area contributed by atoms with E-state index in [0.29, 0.717) is 16.4 Å². The van der Waals surface area contributed by atoms with E-state index in [1.807, 2.05) is 48.5 Å². The molecule has 0 aliphatic heterocycles. The molecular formula is C18H12ClN3O. The molecular weight excluding hydrogens is 310 g/mol. The van der Waals surface area contributed by atoms with Gasteiger partial charge in [0.05, 0.1) is 11.4 Å². The highest BCUT2D eigenvalue weighted by Gasteiger charge is 2.11. The topological polar surface area (TPSA) is 68.7 Å². The van der Waals surface area contributed by atoms with Crippen molar-refractivity contribution in [2.75, 3.05) is 5.32 Å². The average molecular weight is 322 g/mol. The first-order valence-corrected chi connectivity index (χ1v) is 7.30. The smallest absolute Gasteiger partial charge is 0.268 e. The fourth-order valence-electron chi connectivity index (χ4n) is 2.23. The van der Waals surface area contributed by atoms with Gasteiger partial charge in [-0.25, -0.2) is 0 Å². The van der Waals surface area contributed by atoms with Crippen LogP contribution in [0.2, 0.25) is 5.02 Å². The molecule has 1 heterocycles. The van der Waals surface area contributed by atoms with Gasteiger partial charge in [-0.2, -0.15) is 5.26 Å². The van der Waals surface area contributed by atoms with E-state index in [0.717, 1.165) is 11.3 Å². The Morgan fingerprint density at radius 3 is 2.39 bits per heavy atom. The molecule has 23 heavy (non-hydrogen) atoms. The van der Waals surface area contributed by atoms with Crippen LogP contribution in [0.25, 0.3) is 11.3 Å². The maximum atomic E-state index is 12.2. The third-order valence-electron chi connectivity index (χ3n) is 3.35. The Bertz CT molecular complexity index is 925. The lowest BCUT2D eigenvalue weighted by Gasteiger charge is -2.10. The Labute approximate surface area is 138 Å². The van der Waals surface area contributed by atoms with Gasteiger partial charge in [0.2, 0.25) is 0 Å². The van der Waals surface area contributed by atoms with Crippen LogP contribution < -0.4 is 10.9 Å². The van der Waals surface area contributed by atoms with Crippen molar-refractivity contribution < 1.29 is 0 Å². The predicted octanol–water partition coefficient (Wildman–Crippen LogP) is 4.31. The summed E-state index contributed by atoms with van der Waals surface area (Å²) in [5.41, 5.74) is 2.31. The van der Waals surface area contributed by atoms with E-state index in [1.54, 1.807) is 18.2 Å². The fraction of sp³-hybridized carbons (Fsp3) is 0. The SMILES string of the molecule is N#Cc1c(Nc2ccccc2)cc(-c2ccc(Cl)cc2)[nH]c1=O. The first-order valence-electron chi connectivity index (χ1n) is 6.93. The molecule has 3 rings (SSSR count). The molecule has 0 aliphatic carbocycles. The molecule has 0 fully saturated rings. The molecule has 0 saturated heterocycles. The first-order chi connectivity index (χ1) is 11.2. The molecule has 5 heteroatoms. The maximum absolute atomic E-state index is 12.2. The highest BCUT2D eigenvalue weighted by atomic mass is 35.5. The van der Waals surface area contributed by atoms with Crippen molar-refractivity contribution in [3.8, 4) is 17.3 Å². The number of nitrogens with zero attached hydrogens (tertiary/aromatic N) is 1. The van der Waals surface area contributed by atoms with Crippen LogP contribution in [0.4, 0.5) is 11.4 Å². The number of benzene rings is 2. The lowest BCUT2D eigenvalue weighted by molar-refractivity contribution is 1.22. The van der Waals surface area contributed by atoms with Gasteiger partial charge < -0.3 is 10.3 Å². The van der Waals surface area contributed by atoms with Gasteiger partial charge in [-0.1, -0.05) is 41.9 Å². The zero-order chi connectivity index (χ0) is 16.2. The van der Waals surface area contributed by atoms with E-state index in [-0.39, 0.29) is 5.56 Å². The van der Waals surface area contributed by atoms with E-state index < -0.39 is 5.56 Å². The number of hydrogen-bond donors (Lipinski definition) is 2. The number of hydrogen-bond acceptors (Lipinski definition) is 3. The van der Waals surface area contributed by atoms with Crippen LogP contribution in [0.3, 0.4) is 0 Å².